The maximum Gasteiger partial charge on any atom is 0.265 e. The highest BCUT2D eigenvalue weighted by Crippen LogP contribution is 2.23. The number of anilines is 1. The number of benzene rings is 1. The van der Waals surface area contributed by atoms with Gasteiger partial charge in [0.2, 0.25) is 10.0 Å². The van der Waals surface area contributed by atoms with Gasteiger partial charge in [0.05, 0.1) is 11.9 Å². The van der Waals surface area contributed by atoms with Gasteiger partial charge in [0.25, 0.3) is 10.0 Å². The number of hydrogen-bond acceptors (Lipinski definition) is 5. The average Bonchev–Trinajstić information content (AvgIpc) is 2.93. The van der Waals surface area contributed by atoms with Gasteiger partial charge in [0.15, 0.2) is 0 Å². The molecule has 3 N–H and O–H groups in total. The fraction of sp³-hybridized carbons (Fsp3) is 0.100. The van der Waals surface area contributed by atoms with E-state index in [9.17, 15) is 16.8 Å². The van der Waals surface area contributed by atoms with Crippen LogP contribution in [0, 0.1) is 0 Å². The summed E-state index contributed by atoms with van der Waals surface area (Å²) >= 11 is 0. The van der Waals surface area contributed by atoms with E-state index in [4.69, 9.17) is 0 Å². The SMILES string of the molecule is CNS(=O)(=O)c1ccccc1NS(=O)(=O)c1cn[nH]c1. The molecule has 0 aliphatic carbocycles. The van der Waals surface area contributed by atoms with E-state index in [2.05, 4.69) is 19.6 Å². The van der Waals surface area contributed by atoms with Gasteiger partial charge < -0.3 is 0 Å². The molecular formula is C10H12N4O4S2. The number of hydrogen-bond donors (Lipinski definition) is 3. The van der Waals surface area contributed by atoms with Gasteiger partial charge in [0.1, 0.15) is 9.79 Å². The highest BCUT2D eigenvalue weighted by molar-refractivity contribution is 7.93. The topological polar surface area (TPSA) is 121 Å². The van der Waals surface area contributed by atoms with Crippen molar-refractivity contribution in [2.24, 2.45) is 0 Å². The molecule has 0 bridgehead atoms. The molecule has 0 amide bonds. The largest absolute Gasteiger partial charge is 0.284 e. The van der Waals surface area contributed by atoms with E-state index in [1.807, 2.05) is 0 Å². The summed E-state index contributed by atoms with van der Waals surface area (Å²) < 4.78 is 52.1. The van der Waals surface area contributed by atoms with E-state index >= 15 is 0 Å². The number of rotatable bonds is 5. The molecular weight excluding hydrogens is 304 g/mol. The first-order chi connectivity index (χ1) is 9.37. The lowest BCUT2D eigenvalue weighted by atomic mass is 10.3. The standard InChI is InChI=1S/C10H12N4O4S2/c1-11-20(17,18)10-5-3-2-4-9(10)14-19(15,16)8-6-12-13-7-8/h2-7,11,14H,1H3,(H,12,13). The Morgan fingerprint density at radius 1 is 1.10 bits per heavy atom. The molecule has 0 aliphatic heterocycles. The first-order valence-corrected chi connectivity index (χ1v) is 8.37. The fourth-order valence-electron chi connectivity index (χ4n) is 1.48. The van der Waals surface area contributed by atoms with E-state index in [0.29, 0.717) is 0 Å². The highest BCUT2D eigenvalue weighted by Gasteiger charge is 2.21. The Balaban J connectivity index is 2.46. The second kappa shape index (κ2) is 5.23. The Morgan fingerprint density at radius 2 is 1.80 bits per heavy atom. The second-order valence-corrected chi connectivity index (χ2v) is 7.28. The molecule has 0 saturated carbocycles. The number of nitrogens with one attached hydrogen (secondary N) is 3. The average molecular weight is 316 g/mol. The molecule has 1 aromatic heterocycles. The molecule has 108 valence electrons. The predicted octanol–water partition coefficient (Wildman–Crippen LogP) is 0.119. The van der Waals surface area contributed by atoms with Crippen LogP contribution in [0.4, 0.5) is 5.69 Å². The minimum atomic E-state index is -3.90. The zero-order valence-electron chi connectivity index (χ0n) is 10.4. The molecule has 8 nitrogen and oxygen atoms in total. The van der Waals surface area contributed by atoms with Crippen molar-refractivity contribution in [3.05, 3.63) is 36.7 Å². The number of para-hydroxylation sites is 1. The number of sulfonamides is 2. The van der Waals surface area contributed by atoms with Crippen LogP contribution in [0.3, 0.4) is 0 Å². The first-order valence-electron chi connectivity index (χ1n) is 5.41. The summed E-state index contributed by atoms with van der Waals surface area (Å²) in [6.45, 7) is 0. The van der Waals surface area contributed by atoms with E-state index in [1.54, 1.807) is 0 Å². The van der Waals surface area contributed by atoms with E-state index in [1.165, 1.54) is 37.5 Å². The Morgan fingerprint density at radius 3 is 2.40 bits per heavy atom. The summed E-state index contributed by atoms with van der Waals surface area (Å²) in [6.07, 6.45) is 2.31. The Bertz CT molecular complexity index is 798. The lowest BCUT2D eigenvalue weighted by Crippen LogP contribution is -2.21. The van der Waals surface area contributed by atoms with Crippen molar-refractivity contribution >= 4 is 25.7 Å². The molecule has 0 radical (unpaired) electrons. The minimum absolute atomic E-state index is 0.0388. The van der Waals surface area contributed by atoms with Crippen LogP contribution in [-0.4, -0.2) is 34.1 Å². The van der Waals surface area contributed by atoms with Gasteiger partial charge in [-0.25, -0.2) is 21.6 Å². The molecule has 0 spiro atoms. The van der Waals surface area contributed by atoms with Crippen LogP contribution in [0.2, 0.25) is 0 Å². The lowest BCUT2D eigenvalue weighted by molar-refractivity contribution is 0.588. The molecule has 0 fully saturated rings. The number of H-pyrrole nitrogens is 1. The van der Waals surface area contributed by atoms with Gasteiger partial charge in [-0.05, 0) is 19.2 Å². The van der Waals surface area contributed by atoms with E-state index < -0.39 is 20.0 Å². The van der Waals surface area contributed by atoms with E-state index in [-0.39, 0.29) is 15.5 Å². The Labute approximate surface area is 116 Å². The zero-order valence-corrected chi connectivity index (χ0v) is 12.0. The second-order valence-electron chi connectivity index (χ2n) is 3.74. The predicted molar refractivity (Wildman–Crippen MR) is 72.1 cm³/mol. The van der Waals surface area contributed by atoms with Gasteiger partial charge in [-0.2, -0.15) is 5.10 Å². The lowest BCUT2D eigenvalue weighted by Gasteiger charge is -2.11. The van der Waals surface area contributed by atoms with Crippen LogP contribution in [0.1, 0.15) is 0 Å². The fourth-order valence-corrected chi connectivity index (χ4v) is 3.42. The van der Waals surface area contributed by atoms with Gasteiger partial charge in [0, 0.05) is 6.20 Å². The van der Waals surface area contributed by atoms with Gasteiger partial charge in [-0.1, -0.05) is 12.1 Å². The van der Waals surface area contributed by atoms with Gasteiger partial charge in [-0.3, -0.25) is 9.82 Å². The molecule has 0 atom stereocenters. The smallest absolute Gasteiger partial charge is 0.265 e. The molecule has 2 rings (SSSR count). The van der Waals surface area contributed by atoms with Crippen LogP contribution < -0.4 is 9.44 Å². The highest BCUT2D eigenvalue weighted by atomic mass is 32.2. The molecule has 1 heterocycles. The van der Waals surface area contributed by atoms with E-state index in [0.717, 1.165) is 6.20 Å². The molecule has 20 heavy (non-hydrogen) atoms. The third-order valence-corrected chi connectivity index (χ3v) is 5.28. The van der Waals surface area contributed by atoms with Crippen LogP contribution in [0.5, 0.6) is 0 Å². The minimum Gasteiger partial charge on any atom is -0.284 e. The molecule has 0 unspecified atom stereocenters. The van der Waals surface area contributed by atoms with Crippen molar-refractivity contribution in [2.45, 2.75) is 9.79 Å². The quantitative estimate of drug-likeness (QED) is 0.723. The molecule has 1 aromatic carbocycles. The van der Waals surface area contributed by atoms with Crippen molar-refractivity contribution < 1.29 is 16.8 Å². The molecule has 0 aliphatic rings. The van der Waals surface area contributed by atoms with Crippen molar-refractivity contribution in [3.8, 4) is 0 Å². The third kappa shape index (κ3) is 2.81. The summed E-state index contributed by atoms with van der Waals surface area (Å²) in [7, 11) is -6.42. The maximum atomic E-state index is 12.0. The summed E-state index contributed by atoms with van der Waals surface area (Å²) in [6, 6.07) is 5.70. The Kier molecular flexibility index (Phi) is 3.79. The number of aromatic amines is 1. The van der Waals surface area contributed by atoms with Gasteiger partial charge >= 0.3 is 0 Å². The zero-order chi connectivity index (χ0) is 14.8. The van der Waals surface area contributed by atoms with Crippen LogP contribution >= 0.6 is 0 Å². The third-order valence-electron chi connectivity index (χ3n) is 2.47. The summed E-state index contributed by atoms with van der Waals surface area (Å²) in [5.41, 5.74) is -0.0388. The summed E-state index contributed by atoms with van der Waals surface area (Å²) in [5, 5.41) is 5.92. The van der Waals surface area contributed by atoms with Crippen molar-refractivity contribution in [1.29, 1.82) is 0 Å². The first kappa shape index (κ1) is 14.5. The molecule has 10 heteroatoms. The molecule has 2 aromatic rings. The summed E-state index contributed by atoms with van der Waals surface area (Å²) in [5.74, 6) is 0. The molecule has 0 saturated heterocycles. The van der Waals surface area contributed by atoms with Gasteiger partial charge in [-0.15, -0.1) is 0 Å². The Hall–Kier alpha value is -1.91. The van der Waals surface area contributed by atoms with Crippen LogP contribution in [0.25, 0.3) is 0 Å². The maximum absolute atomic E-state index is 12.0. The normalized spacial score (nSPS) is 12.2. The van der Waals surface area contributed by atoms with Crippen molar-refractivity contribution in [1.82, 2.24) is 14.9 Å². The number of aromatic nitrogens is 2. The monoisotopic (exact) mass is 316 g/mol. The summed E-state index contributed by atoms with van der Waals surface area (Å²) in [4.78, 5) is -0.247. The van der Waals surface area contributed by atoms with Crippen molar-refractivity contribution in [2.75, 3.05) is 11.8 Å². The number of nitrogens with zero attached hydrogens (tertiary/aromatic N) is 1. The van der Waals surface area contributed by atoms with Crippen LogP contribution in [0.15, 0.2) is 46.5 Å². The van der Waals surface area contributed by atoms with Crippen molar-refractivity contribution in [3.63, 3.8) is 0 Å². The van der Waals surface area contributed by atoms with Crippen LogP contribution in [-0.2, 0) is 20.0 Å².